The Hall–Kier alpha value is -4.80. The van der Waals surface area contributed by atoms with Gasteiger partial charge in [-0.3, -0.25) is 4.55 Å². The summed E-state index contributed by atoms with van der Waals surface area (Å²) in [5, 5.41) is 17.4. The fraction of sp³-hybridized carbons (Fsp3) is 0.200. The van der Waals surface area contributed by atoms with Gasteiger partial charge >= 0.3 is 12.1 Å². The number of azo groups is 1. The van der Waals surface area contributed by atoms with E-state index in [1.54, 1.807) is 24.3 Å². The number of urea groups is 1. The largest absolute Gasteiger partial charge is 0.380 e. The van der Waals surface area contributed by atoms with E-state index >= 15 is 0 Å². The number of nitrogens with two attached hydrogens (primary N) is 1. The molecule has 0 radical (unpaired) electrons. The van der Waals surface area contributed by atoms with Crippen molar-refractivity contribution in [3.63, 3.8) is 0 Å². The van der Waals surface area contributed by atoms with E-state index in [0.29, 0.717) is 36.2 Å². The van der Waals surface area contributed by atoms with Gasteiger partial charge in [0.25, 0.3) is 10.1 Å². The Morgan fingerprint density at radius 3 is 2.41 bits per heavy atom. The highest BCUT2D eigenvalue weighted by molar-refractivity contribution is 7.86. The molecule has 14 nitrogen and oxygen atoms in total. The molecule has 0 aliphatic carbocycles. The number of halogens is 1. The van der Waals surface area contributed by atoms with Gasteiger partial charge in [-0.1, -0.05) is 31.2 Å². The summed E-state index contributed by atoms with van der Waals surface area (Å²) < 4.78 is 53.1. The highest BCUT2D eigenvalue weighted by Crippen LogP contribution is 2.34. The minimum atomic E-state index is -4.63. The van der Waals surface area contributed by atoms with Crippen molar-refractivity contribution in [2.24, 2.45) is 16.0 Å². The number of rotatable bonds is 12. The molecular weight excluding hydrogens is 557 g/mol. The molecule has 1 aromatic heterocycles. The molecule has 4 aromatic rings. The van der Waals surface area contributed by atoms with Crippen LogP contribution in [0.2, 0.25) is 0 Å². The van der Waals surface area contributed by atoms with E-state index in [-0.39, 0.29) is 29.0 Å². The molecule has 41 heavy (non-hydrogen) atoms. The number of primary amides is 1. The molecule has 0 aliphatic rings. The Balaban J connectivity index is 1.60. The van der Waals surface area contributed by atoms with E-state index in [1.807, 2.05) is 6.92 Å². The van der Waals surface area contributed by atoms with Gasteiger partial charge in [0.1, 0.15) is 16.3 Å². The van der Waals surface area contributed by atoms with Gasteiger partial charge in [0.15, 0.2) is 0 Å². The van der Waals surface area contributed by atoms with Gasteiger partial charge in [-0.05, 0) is 47.5 Å². The lowest BCUT2D eigenvalue weighted by Crippen LogP contribution is -2.19. The molecule has 0 fully saturated rings. The van der Waals surface area contributed by atoms with Crippen molar-refractivity contribution in [3.05, 3.63) is 60.7 Å². The third kappa shape index (κ3) is 8.10. The lowest BCUT2D eigenvalue weighted by Gasteiger charge is -2.11. The molecule has 0 atom stereocenters. The van der Waals surface area contributed by atoms with Gasteiger partial charge < -0.3 is 26.4 Å². The first kappa shape index (κ1) is 29.2. The van der Waals surface area contributed by atoms with Gasteiger partial charge in [-0.2, -0.15) is 27.8 Å². The molecule has 1 heterocycles. The van der Waals surface area contributed by atoms with Crippen LogP contribution in [0, 0.1) is 6.08 Å². The highest BCUT2D eigenvalue weighted by Gasteiger charge is 2.17. The number of nitrogens with one attached hydrogen (secondary N) is 3. The molecule has 0 saturated carbocycles. The molecule has 0 saturated heterocycles. The number of carbonyl (C=O) groups excluding carboxylic acids is 1. The Morgan fingerprint density at radius 2 is 1.71 bits per heavy atom. The normalized spacial score (nSPS) is 11.6. The lowest BCUT2D eigenvalue weighted by atomic mass is 10.1. The van der Waals surface area contributed by atoms with Gasteiger partial charge in [0.2, 0.25) is 11.9 Å². The Kier molecular flexibility index (Phi) is 9.28. The summed E-state index contributed by atoms with van der Waals surface area (Å²) in [5.74, 6) is -0.131. The van der Waals surface area contributed by atoms with Gasteiger partial charge in [0.05, 0.1) is 12.3 Å². The quantitative estimate of drug-likeness (QED) is 0.0866. The van der Waals surface area contributed by atoms with Crippen LogP contribution in [0.15, 0.2) is 69.7 Å². The number of hydrogen-bond acceptors (Lipinski definition) is 11. The number of aromatic nitrogens is 3. The topological polar surface area (TPSA) is 206 Å². The number of nitrogens with zero attached hydrogens (tertiary/aromatic N) is 5. The van der Waals surface area contributed by atoms with Crippen molar-refractivity contribution < 1.29 is 26.9 Å². The van der Waals surface area contributed by atoms with E-state index in [9.17, 15) is 22.2 Å². The van der Waals surface area contributed by atoms with Crippen LogP contribution in [0.4, 0.5) is 43.8 Å². The van der Waals surface area contributed by atoms with Gasteiger partial charge in [-0.25, -0.2) is 4.79 Å². The van der Waals surface area contributed by atoms with E-state index in [2.05, 4.69) is 41.1 Å². The lowest BCUT2D eigenvalue weighted by molar-refractivity contribution is 0.144. The first-order valence-corrected chi connectivity index (χ1v) is 13.7. The summed E-state index contributed by atoms with van der Waals surface area (Å²) >= 11 is 0. The first-order chi connectivity index (χ1) is 19.6. The van der Waals surface area contributed by atoms with Crippen LogP contribution in [-0.2, 0) is 14.9 Å². The predicted octanol–water partition coefficient (Wildman–Crippen LogP) is 4.90. The van der Waals surface area contributed by atoms with Crippen LogP contribution in [0.3, 0.4) is 0 Å². The number of carbonyl (C=O) groups is 1. The second-order valence-electron chi connectivity index (χ2n) is 8.48. The Morgan fingerprint density at radius 1 is 1.00 bits per heavy atom. The summed E-state index contributed by atoms with van der Waals surface area (Å²) in [6, 6.07) is 13.1. The second-order valence-corrected chi connectivity index (χ2v) is 9.87. The van der Waals surface area contributed by atoms with Crippen molar-refractivity contribution >= 4 is 61.6 Å². The fourth-order valence-electron chi connectivity index (χ4n) is 3.63. The molecule has 6 N–H and O–H groups in total. The highest BCUT2D eigenvalue weighted by atomic mass is 32.2. The van der Waals surface area contributed by atoms with Crippen molar-refractivity contribution in [1.82, 2.24) is 15.0 Å². The number of amides is 2. The van der Waals surface area contributed by atoms with E-state index < -0.39 is 27.1 Å². The van der Waals surface area contributed by atoms with Crippen molar-refractivity contribution in [2.75, 3.05) is 35.7 Å². The summed E-state index contributed by atoms with van der Waals surface area (Å²) in [6.45, 7) is 3.32. The molecule has 0 unspecified atom stereocenters. The third-order valence-corrected chi connectivity index (χ3v) is 6.25. The Bertz CT molecular complexity index is 1700. The summed E-state index contributed by atoms with van der Waals surface area (Å²) in [4.78, 5) is 22.6. The fourth-order valence-corrected chi connectivity index (χ4v) is 4.27. The average molecular weight is 584 g/mol. The number of hydrogen-bond donors (Lipinski definition) is 5. The van der Waals surface area contributed by atoms with E-state index in [1.165, 1.54) is 30.3 Å². The van der Waals surface area contributed by atoms with E-state index in [0.717, 1.165) is 6.42 Å². The zero-order chi connectivity index (χ0) is 29.4. The second kappa shape index (κ2) is 13.0. The number of fused-ring (bicyclic) bond motifs is 1. The van der Waals surface area contributed by atoms with E-state index in [4.69, 9.17) is 10.5 Å². The van der Waals surface area contributed by atoms with Gasteiger partial charge in [-0.15, -0.1) is 10.2 Å². The van der Waals surface area contributed by atoms with Crippen LogP contribution in [-0.4, -0.2) is 53.7 Å². The van der Waals surface area contributed by atoms with Crippen LogP contribution < -0.4 is 21.7 Å². The maximum atomic E-state index is 14.0. The summed E-state index contributed by atoms with van der Waals surface area (Å²) in [7, 11) is -4.63. The molecule has 16 heteroatoms. The monoisotopic (exact) mass is 583 g/mol. The number of benzene rings is 3. The zero-order valence-corrected chi connectivity index (χ0v) is 22.5. The SMILES string of the molecule is CCCOCCNc1nc(F)nc(Nc2ccc(N=Nc3cc4ccccc4cc3S(=O)(=O)O)c(NC(N)=O)c2)n1. The smallest absolute Gasteiger partial charge is 0.316 e. The summed E-state index contributed by atoms with van der Waals surface area (Å²) in [5.41, 5.74) is 5.68. The molecule has 0 bridgehead atoms. The number of ether oxygens (including phenoxy) is 1. The Labute approximate surface area is 234 Å². The van der Waals surface area contributed by atoms with Crippen LogP contribution in [0.25, 0.3) is 10.8 Å². The van der Waals surface area contributed by atoms with Crippen molar-refractivity contribution in [2.45, 2.75) is 18.2 Å². The molecule has 214 valence electrons. The minimum Gasteiger partial charge on any atom is -0.380 e. The average Bonchev–Trinajstić information content (AvgIpc) is 2.91. The maximum absolute atomic E-state index is 14.0. The van der Waals surface area contributed by atoms with Gasteiger partial charge in [0, 0.05) is 18.8 Å². The molecule has 0 aliphatic heterocycles. The molecule has 0 spiro atoms. The van der Waals surface area contributed by atoms with Crippen LogP contribution >= 0.6 is 0 Å². The van der Waals surface area contributed by atoms with Crippen LogP contribution in [0.1, 0.15) is 13.3 Å². The van der Waals surface area contributed by atoms with Crippen molar-refractivity contribution in [3.8, 4) is 0 Å². The maximum Gasteiger partial charge on any atom is 0.316 e. The molecule has 2 amide bonds. The molecule has 4 rings (SSSR count). The molecular formula is C25H26FN9O5S. The van der Waals surface area contributed by atoms with Crippen molar-refractivity contribution in [1.29, 1.82) is 0 Å². The summed E-state index contributed by atoms with van der Waals surface area (Å²) in [6.07, 6.45) is -0.151. The standard InChI is InChI=1S/C25H26FN9O5S/c1-2-10-40-11-9-28-24-31-22(26)32-25(33-24)29-17-7-8-18(19(14-17)30-23(27)36)34-35-20-12-15-5-3-4-6-16(15)13-21(20)41(37,38)39/h3-8,12-14H,2,9-11H2,1H3,(H3,27,30,36)(H,37,38,39)(H2,28,29,31,32,33). The predicted molar refractivity (Wildman–Crippen MR) is 150 cm³/mol. The zero-order valence-electron chi connectivity index (χ0n) is 21.7. The minimum absolute atomic E-state index is 0.00831. The third-order valence-electron chi connectivity index (χ3n) is 5.37. The first-order valence-electron chi connectivity index (χ1n) is 12.2. The van der Waals surface area contributed by atoms with Crippen LogP contribution in [0.5, 0.6) is 0 Å². The molecule has 3 aromatic carbocycles. The number of anilines is 4.